The van der Waals surface area contributed by atoms with Crippen LogP contribution in [0.1, 0.15) is 41.0 Å². The molecule has 0 saturated heterocycles. The Kier molecular flexibility index (Phi) is 4.49. The van der Waals surface area contributed by atoms with E-state index in [4.69, 9.17) is 10.8 Å². The van der Waals surface area contributed by atoms with Gasteiger partial charge in [0.15, 0.2) is 0 Å². The molecule has 0 aromatic carbocycles. The van der Waals surface area contributed by atoms with Crippen LogP contribution in [-0.4, -0.2) is 28.6 Å². The van der Waals surface area contributed by atoms with Gasteiger partial charge < -0.3 is 16.2 Å². The lowest BCUT2D eigenvalue weighted by Gasteiger charge is -2.37. The Bertz CT molecular complexity index is 279. The first-order valence-corrected chi connectivity index (χ1v) is 5.36. The highest BCUT2D eigenvalue weighted by Gasteiger charge is 2.41. The first-order chi connectivity index (χ1) is 7.04. The van der Waals surface area contributed by atoms with Crippen molar-refractivity contribution in [1.29, 1.82) is 0 Å². The van der Waals surface area contributed by atoms with Crippen LogP contribution < -0.4 is 11.1 Å². The van der Waals surface area contributed by atoms with Gasteiger partial charge in [-0.2, -0.15) is 0 Å². The third kappa shape index (κ3) is 3.20. The topological polar surface area (TPSA) is 92.4 Å². The van der Waals surface area contributed by atoms with Crippen molar-refractivity contribution in [3.05, 3.63) is 0 Å². The Morgan fingerprint density at radius 1 is 1.31 bits per heavy atom. The average Bonchev–Trinajstić information content (AvgIpc) is 2.11. The Labute approximate surface area is 96.4 Å². The number of hydrogen-bond donors (Lipinski definition) is 3. The number of nitrogens with one attached hydrogen (secondary N) is 1. The van der Waals surface area contributed by atoms with Crippen molar-refractivity contribution < 1.29 is 14.7 Å². The van der Waals surface area contributed by atoms with Gasteiger partial charge in [-0.05, 0) is 34.1 Å². The van der Waals surface area contributed by atoms with Crippen LogP contribution in [0.3, 0.4) is 0 Å². The summed E-state index contributed by atoms with van der Waals surface area (Å²) in [5.74, 6) is -1.37. The summed E-state index contributed by atoms with van der Waals surface area (Å²) in [6.45, 7) is 8.61. The standard InChI is InChI=1S/C11H22N2O3/c1-6-7(8(14)15)13-9(16)10(2,3)11(4,5)12/h7H,6,12H2,1-5H3,(H,13,16)(H,14,15)/t7-/m1/s1. The van der Waals surface area contributed by atoms with Gasteiger partial charge >= 0.3 is 5.97 Å². The van der Waals surface area contributed by atoms with Gasteiger partial charge in [0.2, 0.25) is 5.91 Å². The minimum absolute atomic E-state index is 0.339. The smallest absolute Gasteiger partial charge is 0.326 e. The second-order valence-corrected chi connectivity index (χ2v) is 5.12. The van der Waals surface area contributed by atoms with Gasteiger partial charge in [0.25, 0.3) is 0 Å². The van der Waals surface area contributed by atoms with E-state index in [0.717, 1.165) is 0 Å². The monoisotopic (exact) mass is 230 g/mol. The van der Waals surface area contributed by atoms with Gasteiger partial charge in [-0.15, -0.1) is 0 Å². The van der Waals surface area contributed by atoms with Crippen LogP contribution >= 0.6 is 0 Å². The summed E-state index contributed by atoms with van der Waals surface area (Å²) in [5, 5.41) is 11.3. The van der Waals surface area contributed by atoms with E-state index in [2.05, 4.69) is 5.32 Å². The van der Waals surface area contributed by atoms with E-state index in [9.17, 15) is 9.59 Å². The van der Waals surface area contributed by atoms with E-state index in [1.807, 2.05) is 0 Å². The second-order valence-electron chi connectivity index (χ2n) is 5.12. The maximum absolute atomic E-state index is 11.9. The van der Waals surface area contributed by atoms with Crippen LogP contribution in [0.25, 0.3) is 0 Å². The van der Waals surface area contributed by atoms with Crippen LogP contribution in [0.15, 0.2) is 0 Å². The predicted molar refractivity (Wildman–Crippen MR) is 61.9 cm³/mol. The molecule has 0 heterocycles. The molecule has 1 amide bonds. The number of nitrogens with two attached hydrogens (primary N) is 1. The van der Waals surface area contributed by atoms with Crippen molar-refractivity contribution in [1.82, 2.24) is 5.32 Å². The molecule has 5 heteroatoms. The fourth-order valence-electron chi connectivity index (χ4n) is 0.970. The Morgan fingerprint density at radius 2 is 1.75 bits per heavy atom. The maximum Gasteiger partial charge on any atom is 0.326 e. The predicted octanol–water partition coefficient (Wildman–Crippen LogP) is 0.729. The highest BCUT2D eigenvalue weighted by Crippen LogP contribution is 2.28. The molecule has 0 aliphatic heterocycles. The van der Waals surface area contributed by atoms with Crippen molar-refractivity contribution >= 4 is 11.9 Å². The molecular formula is C11H22N2O3. The number of amides is 1. The van der Waals surface area contributed by atoms with E-state index < -0.39 is 23.0 Å². The van der Waals surface area contributed by atoms with Crippen LogP contribution in [0, 0.1) is 5.41 Å². The zero-order valence-corrected chi connectivity index (χ0v) is 10.6. The molecule has 4 N–H and O–H groups in total. The summed E-state index contributed by atoms with van der Waals surface area (Å²) in [6, 6.07) is -0.853. The quantitative estimate of drug-likeness (QED) is 0.649. The molecular weight excluding hydrogens is 208 g/mol. The summed E-state index contributed by atoms with van der Waals surface area (Å²) in [5.41, 5.74) is 4.36. The largest absolute Gasteiger partial charge is 0.480 e. The number of carbonyl (C=O) groups is 2. The molecule has 0 spiro atoms. The minimum atomic E-state index is -1.03. The molecule has 0 unspecified atom stereocenters. The molecule has 16 heavy (non-hydrogen) atoms. The summed E-state index contributed by atoms with van der Waals surface area (Å²) < 4.78 is 0. The third-order valence-corrected chi connectivity index (χ3v) is 3.19. The fourth-order valence-corrected chi connectivity index (χ4v) is 0.970. The third-order valence-electron chi connectivity index (χ3n) is 3.19. The summed E-state index contributed by atoms with van der Waals surface area (Å²) in [4.78, 5) is 22.7. The lowest BCUT2D eigenvalue weighted by atomic mass is 9.74. The summed E-state index contributed by atoms with van der Waals surface area (Å²) in [6.07, 6.45) is 0.349. The molecule has 94 valence electrons. The number of aliphatic carboxylic acids is 1. The van der Waals surface area contributed by atoms with Crippen molar-refractivity contribution in [2.45, 2.75) is 52.6 Å². The van der Waals surface area contributed by atoms with Crippen molar-refractivity contribution in [3.63, 3.8) is 0 Å². The maximum atomic E-state index is 11.9. The van der Waals surface area contributed by atoms with E-state index in [-0.39, 0.29) is 5.91 Å². The number of carboxylic acids is 1. The van der Waals surface area contributed by atoms with Gasteiger partial charge in [0, 0.05) is 5.54 Å². The highest BCUT2D eigenvalue weighted by atomic mass is 16.4. The molecule has 0 aliphatic carbocycles. The summed E-state index contributed by atoms with van der Waals surface area (Å²) in [7, 11) is 0. The number of carboxylic acid groups (broad SMARTS) is 1. The molecule has 0 radical (unpaired) electrons. The van der Waals surface area contributed by atoms with Crippen LogP contribution in [0.2, 0.25) is 0 Å². The Balaban J connectivity index is 4.76. The van der Waals surface area contributed by atoms with E-state index >= 15 is 0 Å². The number of rotatable bonds is 5. The van der Waals surface area contributed by atoms with Gasteiger partial charge in [0.1, 0.15) is 6.04 Å². The zero-order valence-electron chi connectivity index (χ0n) is 10.6. The number of hydrogen-bond acceptors (Lipinski definition) is 3. The SMILES string of the molecule is CC[C@@H](NC(=O)C(C)(C)C(C)(C)N)C(=O)O. The number of carbonyl (C=O) groups excluding carboxylic acids is 1. The van der Waals surface area contributed by atoms with Gasteiger partial charge in [-0.1, -0.05) is 6.92 Å². The van der Waals surface area contributed by atoms with Crippen LogP contribution in [0.5, 0.6) is 0 Å². The van der Waals surface area contributed by atoms with E-state index in [0.29, 0.717) is 6.42 Å². The first-order valence-electron chi connectivity index (χ1n) is 5.36. The molecule has 0 rings (SSSR count). The first kappa shape index (κ1) is 14.9. The molecule has 0 saturated carbocycles. The average molecular weight is 230 g/mol. The van der Waals surface area contributed by atoms with Gasteiger partial charge in [-0.3, -0.25) is 4.79 Å². The normalized spacial score (nSPS) is 14.4. The van der Waals surface area contributed by atoms with Crippen LogP contribution in [0.4, 0.5) is 0 Å². The molecule has 1 atom stereocenters. The lowest BCUT2D eigenvalue weighted by molar-refractivity contribution is -0.144. The van der Waals surface area contributed by atoms with Crippen molar-refractivity contribution in [3.8, 4) is 0 Å². The van der Waals surface area contributed by atoms with Crippen molar-refractivity contribution in [2.24, 2.45) is 11.1 Å². The molecule has 0 fully saturated rings. The fraction of sp³-hybridized carbons (Fsp3) is 0.818. The molecule has 0 bridgehead atoms. The molecule has 5 nitrogen and oxygen atoms in total. The lowest BCUT2D eigenvalue weighted by Crippen LogP contribution is -2.57. The van der Waals surface area contributed by atoms with Crippen molar-refractivity contribution in [2.75, 3.05) is 0 Å². The molecule has 0 aromatic rings. The minimum Gasteiger partial charge on any atom is -0.480 e. The van der Waals surface area contributed by atoms with Gasteiger partial charge in [0.05, 0.1) is 5.41 Å². The molecule has 0 aliphatic rings. The van der Waals surface area contributed by atoms with Crippen LogP contribution in [-0.2, 0) is 9.59 Å². The van der Waals surface area contributed by atoms with Gasteiger partial charge in [-0.25, -0.2) is 4.79 Å². The molecule has 0 aromatic heterocycles. The zero-order chi connectivity index (χ0) is 13.1. The second kappa shape index (κ2) is 4.82. The summed E-state index contributed by atoms with van der Waals surface area (Å²) >= 11 is 0. The van der Waals surface area contributed by atoms with E-state index in [1.54, 1.807) is 34.6 Å². The highest BCUT2D eigenvalue weighted by molar-refractivity contribution is 5.87. The Hall–Kier alpha value is -1.10. The Morgan fingerprint density at radius 3 is 2.00 bits per heavy atom. The van der Waals surface area contributed by atoms with E-state index in [1.165, 1.54) is 0 Å².